The van der Waals surface area contributed by atoms with Crippen LogP contribution in [0.25, 0.3) is 55.4 Å². The number of hydrogen-bond donors (Lipinski definition) is 14. The van der Waals surface area contributed by atoms with E-state index in [0.717, 1.165) is 80.6 Å². The first kappa shape index (κ1) is 82.9. The minimum Gasteiger partial charge on any atom is -0.423 e. The highest BCUT2D eigenvalue weighted by molar-refractivity contribution is 6.59. The molecule has 0 radical (unpaired) electrons. The molecular formula is C74H84B3ClF6N14O8. The van der Waals surface area contributed by atoms with Crippen LogP contribution in [0.2, 0.25) is 0 Å². The fourth-order valence-corrected chi connectivity index (χ4v) is 10.4. The summed E-state index contributed by atoms with van der Waals surface area (Å²) in [5, 5.41) is 86.8. The summed E-state index contributed by atoms with van der Waals surface area (Å²) in [6.45, 7) is 13.2. The molecule has 106 heavy (non-hydrogen) atoms. The van der Waals surface area contributed by atoms with Crippen LogP contribution >= 0.6 is 12.4 Å². The third-order valence-electron chi connectivity index (χ3n) is 16.4. The van der Waals surface area contributed by atoms with E-state index in [1.165, 1.54) is 18.2 Å². The number of fused-ring (bicyclic) bond motifs is 3. The van der Waals surface area contributed by atoms with Gasteiger partial charge in [0.1, 0.15) is 0 Å². The van der Waals surface area contributed by atoms with Crippen molar-refractivity contribution in [3.63, 3.8) is 0 Å². The Kier molecular flexibility index (Phi) is 30.2. The summed E-state index contributed by atoms with van der Waals surface area (Å²) < 4.78 is 79.4. The van der Waals surface area contributed by atoms with E-state index in [9.17, 15) is 36.6 Å². The van der Waals surface area contributed by atoms with Gasteiger partial charge in [0, 0.05) is 36.5 Å². The molecule has 0 aliphatic rings. The average molecular weight is 1480 g/mol. The van der Waals surface area contributed by atoms with Gasteiger partial charge >= 0.3 is 33.7 Å². The number of rotatable bonds is 21. The van der Waals surface area contributed by atoms with E-state index in [2.05, 4.69) is 95.4 Å². The number of imidazole rings is 2. The van der Waals surface area contributed by atoms with Crippen molar-refractivity contribution in [2.24, 2.45) is 0 Å². The second-order valence-electron chi connectivity index (χ2n) is 24.8. The molecule has 556 valence electrons. The Labute approximate surface area is 616 Å². The first-order chi connectivity index (χ1) is 50.0. The van der Waals surface area contributed by atoms with Crippen molar-refractivity contribution < 1.29 is 66.7 Å². The van der Waals surface area contributed by atoms with Crippen LogP contribution in [0.4, 0.5) is 61.2 Å². The van der Waals surface area contributed by atoms with Gasteiger partial charge in [-0.15, -0.1) is 12.4 Å². The van der Waals surface area contributed by atoms with Gasteiger partial charge in [0.25, 0.3) is 0 Å². The predicted octanol–water partition coefficient (Wildman–Crippen LogP) is 10.6. The number of aliphatic hydroxyl groups is 2. The molecule has 4 heterocycles. The zero-order valence-corrected chi connectivity index (χ0v) is 59.6. The van der Waals surface area contributed by atoms with Crippen LogP contribution in [0.1, 0.15) is 88.7 Å². The van der Waals surface area contributed by atoms with Crippen molar-refractivity contribution in [3.05, 3.63) is 223 Å². The molecule has 0 fully saturated rings. The highest BCUT2D eigenvalue weighted by Gasteiger charge is 2.32. The normalized spacial score (nSPS) is 11.7. The summed E-state index contributed by atoms with van der Waals surface area (Å²) in [5.74, 6) is 2.09. The van der Waals surface area contributed by atoms with Crippen molar-refractivity contribution in [3.8, 4) is 22.3 Å². The number of aliphatic hydroxyl groups excluding tert-OH is 2. The summed E-state index contributed by atoms with van der Waals surface area (Å²) in [5.41, 5.74) is 20.0. The lowest BCUT2D eigenvalue weighted by molar-refractivity contribution is -0.138. The Morgan fingerprint density at radius 1 is 0.434 bits per heavy atom. The first-order valence-corrected chi connectivity index (χ1v) is 33.6. The summed E-state index contributed by atoms with van der Waals surface area (Å²) in [6.07, 6.45) is -3.83. The molecule has 0 aliphatic heterocycles. The molecule has 16 N–H and O–H groups in total. The number of halogens is 7. The Bertz CT molecular complexity index is 4750. The fourth-order valence-electron chi connectivity index (χ4n) is 10.4. The van der Waals surface area contributed by atoms with Gasteiger partial charge in [0.2, 0.25) is 11.9 Å². The molecule has 32 heteroatoms. The number of alkyl halides is 6. The maximum atomic E-state index is 13.1. The van der Waals surface area contributed by atoms with Gasteiger partial charge in [-0.1, -0.05) is 166 Å². The highest BCUT2D eigenvalue weighted by Crippen LogP contribution is 2.34. The Hall–Kier alpha value is -10.3. The SMILES string of the molecule is CC[C@H](CO)Nc1nc(NCc2ccc(-c3cccc(C(F)(F)F)c3)cc2)c2ncn(C(C)C)c2n1.CC[C@H](CO)Nc1nc(NCc2ccc(-c3cccc(N)c3)cc2)c2ncn(C(C)C)c2n1.Cl.Nc1cccc(B(O)O)c1.OB(O)c1ccc2ccccc2c1.OB(O)c1cccc(C(F)(F)F)c1. The van der Waals surface area contributed by atoms with Crippen molar-refractivity contribution >= 4 is 118 Å². The van der Waals surface area contributed by atoms with Crippen LogP contribution in [0.15, 0.2) is 201 Å². The molecule has 8 aromatic carbocycles. The zero-order chi connectivity index (χ0) is 76.1. The zero-order valence-electron chi connectivity index (χ0n) is 58.8. The molecule has 0 saturated carbocycles. The van der Waals surface area contributed by atoms with E-state index in [0.29, 0.717) is 88.0 Å². The van der Waals surface area contributed by atoms with Crippen LogP contribution < -0.4 is 49.1 Å². The molecule has 22 nitrogen and oxygen atoms in total. The number of nitrogens with zero attached hydrogens (tertiary/aromatic N) is 8. The number of nitrogens with two attached hydrogens (primary N) is 2. The third-order valence-corrected chi connectivity index (χ3v) is 16.4. The number of anilines is 6. The lowest BCUT2D eigenvalue weighted by atomic mass is 9.79. The van der Waals surface area contributed by atoms with Gasteiger partial charge < -0.3 is 82.2 Å². The summed E-state index contributed by atoms with van der Waals surface area (Å²) in [4.78, 5) is 27.6. The smallest absolute Gasteiger partial charge is 0.423 e. The minimum absolute atomic E-state index is 0. The maximum absolute atomic E-state index is 13.1. The van der Waals surface area contributed by atoms with E-state index >= 15 is 0 Å². The number of aromatic nitrogens is 8. The molecule has 0 amide bonds. The molecule has 0 spiro atoms. The standard InChI is InChI=1S/C26H29F3N6O.C25H31N7O.C10H9BO2.C7H6BF3O2.C6H8BNO2.ClH/c1-4-21(14-36)32-25-33-23(22-24(34-25)35(15-31-22)16(2)3)30-13-17-8-10-18(11-9-17)19-6-5-7-20(12-19)26(27,28)29;1-4-21(14-33)29-25-30-23(22-24(31-25)32(15-28-22)16(2)3)27-13-17-8-10-18(11-9-17)19-6-5-7-20(26)12-19;12-11(13)10-6-5-8-3-1-2-4-9(8)7-10;9-7(10,11)5-2-1-3-6(4-5)8(12)13;8-6-3-1-2-5(4-6)7(9)10;/h5-12,15-16,21,36H,4,13-14H2,1-3H3,(H2,30,32,33,34);5-12,15-16,21,33H,4,13-14,26H2,1-3H3,(H2,27,29,30,31);1-7,12-13H;1-4,12-13H;1-4,9-10H,8H2;1H/t2*21-;;;;/m11..../s1. The molecule has 12 aromatic rings. The fraction of sp³-hybridized carbons (Fsp3) is 0.243. The molecule has 4 aromatic heterocycles. The van der Waals surface area contributed by atoms with Crippen molar-refractivity contribution in [2.75, 3.05) is 45.9 Å². The lowest BCUT2D eigenvalue weighted by Crippen LogP contribution is -2.30. The molecule has 0 saturated heterocycles. The summed E-state index contributed by atoms with van der Waals surface area (Å²) in [6, 6.07) is 52.5. The molecule has 0 aliphatic carbocycles. The number of hydrogen-bond acceptors (Lipinski definition) is 20. The second-order valence-corrected chi connectivity index (χ2v) is 24.8. The van der Waals surface area contributed by atoms with Crippen molar-refractivity contribution in [1.29, 1.82) is 0 Å². The van der Waals surface area contributed by atoms with Gasteiger partial charge in [0.05, 0.1) is 49.1 Å². The maximum Gasteiger partial charge on any atom is 0.488 e. The Balaban J connectivity index is 0.000000202. The van der Waals surface area contributed by atoms with Crippen molar-refractivity contribution in [2.45, 2.75) is 104 Å². The van der Waals surface area contributed by atoms with Gasteiger partial charge in [-0.3, -0.25) is 0 Å². The van der Waals surface area contributed by atoms with Crippen LogP contribution in [-0.2, 0) is 25.4 Å². The molecule has 0 unspecified atom stereocenters. The molecular weight excluding hydrogens is 1390 g/mol. The van der Waals surface area contributed by atoms with Gasteiger partial charge in [-0.05, 0) is 137 Å². The largest absolute Gasteiger partial charge is 0.488 e. The Morgan fingerprint density at radius 3 is 1.24 bits per heavy atom. The number of nitrogen functional groups attached to an aromatic ring is 2. The van der Waals surface area contributed by atoms with E-state index in [1.807, 2.05) is 97.5 Å². The Morgan fingerprint density at radius 2 is 0.830 bits per heavy atom. The van der Waals surface area contributed by atoms with Crippen LogP contribution in [0.3, 0.4) is 0 Å². The summed E-state index contributed by atoms with van der Waals surface area (Å²) in [7, 11) is -4.68. The topological polar surface area (TPSA) is 349 Å². The quantitative estimate of drug-likeness (QED) is 0.0181. The number of benzene rings is 8. The van der Waals surface area contributed by atoms with Crippen LogP contribution in [-0.4, -0.2) is 126 Å². The van der Waals surface area contributed by atoms with E-state index in [4.69, 9.17) is 41.6 Å². The second kappa shape index (κ2) is 38.6. The monoisotopic (exact) mass is 1480 g/mol. The third kappa shape index (κ3) is 23.3. The molecule has 0 bridgehead atoms. The molecule has 12 rings (SSSR count). The molecule has 2 atom stereocenters. The van der Waals surface area contributed by atoms with E-state index in [1.54, 1.807) is 61.2 Å². The van der Waals surface area contributed by atoms with Crippen LogP contribution in [0.5, 0.6) is 0 Å². The first-order valence-electron chi connectivity index (χ1n) is 33.6. The highest BCUT2D eigenvalue weighted by atomic mass is 35.5. The number of nitrogens with one attached hydrogen (secondary N) is 4. The van der Waals surface area contributed by atoms with Gasteiger partial charge in [0.15, 0.2) is 34.0 Å². The van der Waals surface area contributed by atoms with E-state index in [-0.39, 0.29) is 55.3 Å². The predicted molar refractivity (Wildman–Crippen MR) is 412 cm³/mol. The van der Waals surface area contributed by atoms with E-state index < -0.39 is 44.8 Å². The lowest BCUT2D eigenvalue weighted by Gasteiger charge is -2.16. The van der Waals surface area contributed by atoms with Crippen molar-refractivity contribution in [1.82, 2.24) is 39.0 Å². The minimum atomic E-state index is -4.45. The average Bonchev–Trinajstić information content (AvgIpc) is 1.63. The van der Waals surface area contributed by atoms with Gasteiger partial charge in [-0.25, -0.2) is 9.97 Å². The van der Waals surface area contributed by atoms with Gasteiger partial charge in [-0.2, -0.15) is 46.3 Å². The summed E-state index contributed by atoms with van der Waals surface area (Å²) >= 11 is 0. The van der Waals surface area contributed by atoms with Crippen LogP contribution in [0, 0.1) is 0 Å².